The van der Waals surface area contributed by atoms with E-state index in [0.29, 0.717) is 4.90 Å². The zero-order valence-electron chi connectivity index (χ0n) is 16.3. The molecule has 3 nitrogen and oxygen atoms in total. The van der Waals surface area contributed by atoms with Crippen molar-refractivity contribution >= 4 is 43.0 Å². The first-order valence-corrected chi connectivity index (χ1v) is 12.9. The number of ether oxygens (including phenoxy) is 1. The summed E-state index contributed by atoms with van der Waals surface area (Å²) in [6, 6.07) is 21.8. The van der Waals surface area contributed by atoms with Crippen LogP contribution in [0.15, 0.2) is 76.5 Å². The molecule has 0 spiro atoms. The first-order chi connectivity index (χ1) is 13.9. The third-order valence-corrected chi connectivity index (χ3v) is 7.89. The average Bonchev–Trinajstić information content (AvgIpc) is 3.11. The van der Waals surface area contributed by atoms with E-state index < -0.39 is 9.84 Å². The van der Waals surface area contributed by atoms with E-state index in [1.54, 1.807) is 42.3 Å². The van der Waals surface area contributed by atoms with Crippen LogP contribution >= 0.6 is 23.1 Å². The van der Waals surface area contributed by atoms with Crippen LogP contribution in [-0.4, -0.2) is 28.0 Å². The van der Waals surface area contributed by atoms with E-state index >= 15 is 0 Å². The highest BCUT2D eigenvalue weighted by Gasteiger charge is 2.17. The summed E-state index contributed by atoms with van der Waals surface area (Å²) in [5.74, 6) is 0.821. The maximum absolute atomic E-state index is 11.8. The summed E-state index contributed by atoms with van der Waals surface area (Å²) in [5, 5.41) is 1.16. The van der Waals surface area contributed by atoms with Gasteiger partial charge in [-0.05, 0) is 59.8 Å². The fraction of sp³-hybridized carbons (Fsp3) is 0.130. The molecule has 0 fully saturated rings. The van der Waals surface area contributed by atoms with Gasteiger partial charge in [-0.2, -0.15) is 0 Å². The van der Waals surface area contributed by atoms with Gasteiger partial charge in [-0.25, -0.2) is 8.42 Å². The molecule has 0 aliphatic heterocycles. The quantitative estimate of drug-likeness (QED) is 0.338. The van der Waals surface area contributed by atoms with Crippen molar-refractivity contribution < 1.29 is 13.2 Å². The fourth-order valence-electron chi connectivity index (χ4n) is 3.30. The van der Waals surface area contributed by atoms with Gasteiger partial charge in [0.2, 0.25) is 0 Å². The minimum absolute atomic E-state index is 0.329. The monoisotopic (exact) mass is 440 g/mol. The predicted octanol–water partition coefficient (Wildman–Crippen LogP) is 6.37. The van der Waals surface area contributed by atoms with Crippen molar-refractivity contribution in [1.82, 2.24) is 0 Å². The van der Waals surface area contributed by atoms with Crippen molar-refractivity contribution in [1.29, 1.82) is 0 Å². The number of rotatable bonds is 5. The number of hydrogen-bond acceptors (Lipinski definition) is 5. The molecule has 0 saturated heterocycles. The van der Waals surface area contributed by atoms with Crippen LogP contribution < -0.4 is 4.74 Å². The zero-order valence-corrected chi connectivity index (χ0v) is 18.7. The lowest BCUT2D eigenvalue weighted by Gasteiger charge is -2.08. The third kappa shape index (κ3) is 3.92. The second-order valence-corrected chi connectivity index (χ2v) is 10.6. The normalized spacial score (nSPS) is 11.7. The minimum Gasteiger partial charge on any atom is -0.497 e. The Morgan fingerprint density at radius 3 is 2.14 bits per heavy atom. The number of thiophene rings is 1. The van der Waals surface area contributed by atoms with Crippen LogP contribution in [0.3, 0.4) is 0 Å². The number of benzene rings is 3. The van der Waals surface area contributed by atoms with Gasteiger partial charge in [0.1, 0.15) is 5.75 Å². The van der Waals surface area contributed by atoms with E-state index in [-0.39, 0.29) is 0 Å². The molecule has 0 atom stereocenters. The maximum Gasteiger partial charge on any atom is 0.175 e. The Kier molecular flexibility index (Phi) is 5.42. The molecule has 29 heavy (non-hydrogen) atoms. The van der Waals surface area contributed by atoms with Gasteiger partial charge < -0.3 is 4.74 Å². The van der Waals surface area contributed by atoms with Crippen LogP contribution in [0.2, 0.25) is 0 Å². The molecule has 3 aromatic carbocycles. The maximum atomic E-state index is 11.8. The summed E-state index contributed by atoms with van der Waals surface area (Å²) < 4.78 is 30.2. The van der Waals surface area contributed by atoms with Crippen molar-refractivity contribution in [2.45, 2.75) is 9.79 Å². The second-order valence-electron chi connectivity index (χ2n) is 6.69. The van der Waals surface area contributed by atoms with E-state index in [0.717, 1.165) is 37.4 Å². The van der Waals surface area contributed by atoms with Crippen LogP contribution in [0, 0.1) is 0 Å². The van der Waals surface area contributed by atoms with Crippen LogP contribution in [0.4, 0.5) is 0 Å². The lowest BCUT2D eigenvalue weighted by molar-refractivity contribution is 0.415. The fourth-order valence-corrected chi connectivity index (χ4v) is 5.60. The van der Waals surface area contributed by atoms with E-state index in [1.165, 1.54) is 11.2 Å². The average molecular weight is 441 g/mol. The smallest absolute Gasteiger partial charge is 0.175 e. The third-order valence-electron chi connectivity index (χ3n) is 4.82. The van der Waals surface area contributed by atoms with Gasteiger partial charge in [0.05, 0.1) is 12.0 Å². The van der Waals surface area contributed by atoms with E-state index in [4.69, 9.17) is 4.74 Å². The van der Waals surface area contributed by atoms with Crippen LogP contribution in [0.1, 0.15) is 0 Å². The van der Waals surface area contributed by atoms with Gasteiger partial charge in [-0.15, -0.1) is 23.1 Å². The van der Waals surface area contributed by atoms with Crippen molar-refractivity contribution in [3.05, 3.63) is 66.7 Å². The molecular weight excluding hydrogens is 420 g/mol. The van der Waals surface area contributed by atoms with Crippen LogP contribution in [0.25, 0.3) is 31.7 Å². The van der Waals surface area contributed by atoms with Gasteiger partial charge in [-0.3, -0.25) is 0 Å². The summed E-state index contributed by atoms with van der Waals surface area (Å²) >= 11 is 3.41. The Balaban J connectivity index is 1.94. The highest BCUT2D eigenvalue weighted by atomic mass is 32.2. The summed E-state index contributed by atoms with van der Waals surface area (Å²) in [4.78, 5) is 2.66. The van der Waals surface area contributed by atoms with Gasteiger partial charge in [0.15, 0.2) is 9.84 Å². The van der Waals surface area contributed by atoms with E-state index in [2.05, 4.69) is 36.6 Å². The van der Waals surface area contributed by atoms with Crippen LogP contribution in [-0.2, 0) is 9.84 Å². The predicted molar refractivity (Wildman–Crippen MR) is 124 cm³/mol. The molecule has 0 radical (unpaired) electrons. The largest absolute Gasteiger partial charge is 0.497 e. The van der Waals surface area contributed by atoms with Crippen molar-refractivity contribution in [2.24, 2.45) is 0 Å². The molecule has 1 heterocycles. The SMILES string of the molecule is COc1ccc2c(-c3ccc(SC)cc3)c(-c3ccc(S(C)(=O)=O)cc3)sc2c1. The summed E-state index contributed by atoms with van der Waals surface area (Å²) in [6.45, 7) is 0. The Morgan fingerprint density at radius 1 is 0.897 bits per heavy atom. The van der Waals surface area contributed by atoms with Gasteiger partial charge in [-0.1, -0.05) is 24.3 Å². The lowest BCUT2D eigenvalue weighted by Crippen LogP contribution is -1.96. The number of thioether (sulfide) groups is 1. The van der Waals surface area contributed by atoms with Crippen molar-refractivity contribution in [2.75, 3.05) is 19.6 Å². The van der Waals surface area contributed by atoms with E-state index in [9.17, 15) is 8.42 Å². The molecule has 4 rings (SSSR count). The Morgan fingerprint density at radius 2 is 1.55 bits per heavy atom. The zero-order chi connectivity index (χ0) is 20.6. The highest BCUT2D eigenvalue weighted by molar-refractivity contribution is 7.98. The van der Waals surface area contributed by atoms with E-state index in [1.807, 2.05) is 24.3 Å². The lowest BCUT2D eigenvalue weighted by atomic mass is 9.99. The second kappa shape index (κ2) is 7.86. The molecule has 0 aliphatic carbocycles. The Labute approximate surface area is 179 Å². The number of hydrogen-bond donors (Lipinski definition) is 0. The minimum atomic E-state index is -3.22. The topological polar surface area (TPSA) is 43.4 Å². The first kappa shape index (κ1) is 20.0. The molecule has 0 amide bonds. The van der Waals surface area contributed by atoms with Crippen LogP contribution in [0.5, 0.6) is 5.75 Å². The molecule has 0 aliphatic rings. The molecule has 148 valence electrons. The van der Waals surface area contributed by atoms with Gasteiger partial charge >= 0.3 is 0 Å². The number of methoxy groups -OCH3 is 1. The molecular formula is C23H20O3S3. The molecule has 1 aromatic heterocycles. The summed E-state index contributed by atoms with van der Waals surface area (Å²) in [6.07, 6.45) is 3.29. The van der Waals surface area contributed by atoms with Gasteiger partial charge in [0, 0.05) is 31.7 Å². The standard InChI is InChI=1S/C23H20O3S3/c1-26-17-8-13-20-21(14-17)28-23(16-6-11-19(12-7-16)29(3,24)25)22(20)15-4-9-18(27-2)10-5-15/h4-14H,1-3H3. The van der Waals surface area contributed by atoms with Crippen molar-refractivity contribution in [3.8, 4) is 27.3 Å². The van der Waals surface area contributed by atoms with Gasteiger partial charge in [0.25, 0.3) is 0 Å². The number of sulfone groups is 1. The Hall–Kier alpha value is -2.28. The molecule has 0 unspecified atom stereocenters. The Bertz CT molecular complexity index is 1270. The summed E-state index contributed by atoms with van der Waals surface area (Å²) in [7, 11) is -1.55. The molecule has 0 saturated carbocycles. The number of fused-ring (bicyclic) bond motifs is 1. The molecule has 4 aromatic rings. The van der Waals surface area contributed by atoms with Crippen molar-refractivity contribution in [3.63, 3.8) is 0 Å². The molecule has 0 N–H and O–H groups in total. The summed E-state index contributed by atoms with van der Waals surface area (Å²) in [5.41, 5.74) is 3.30. The highest BCUT2D eigenvalue weighted by Crippen LogP contribution is 2.46. The first-order valence-electron chi connectivity index (χ1n) is 8.96. The molecule has 0 bridgehead atoms. The molecule has 6 heteroatoms.